The molecule has 3 aromatic heterocycles. The number of hydrogen-bond acceptors (Lipinski definition) is 5. The van der Waals surface area contributed by atoms with Crippen molar-refractivity contribution in [3.8, 4) is 90.1 Å². The van der Waals surface area contributed by atoms with Crippen LogP contribution in [0.3, 0.4) is 0 Å². The molecular weight excluding hydrogens is 755 g/mol. The molecule has 62 heavy (non-hydrogen) atoms. The molecule has 0 N–H and O–H groups in total. The van der Waals surface area contributed by atoms with E-state index in [2.05, 4.69) is 170 Å². The molecule has 0 atom stereocenters. The van der Waals surface area contributed by atoms with Crippen LogP contribution in [0.25, 0.3) is 112 Å². The highest BCUT2D eigenvalue weighted by Gasteiger charge is 2.16. The normalized spacial score (nSPS) is 11.2. The summed E-state index contributed by atoms with van der Waals surface area (Å²) in [5, 5.41) is 2.12. The van der Waals surface area contributed by atoms with Crippen molar-refractivity contribution >= 4 is 21.8 Å². The molecule has 5 heteroatoms. The first kappa shape index (κ1) is 36.7. The van der Waals surface area contributed by atoms with E-state index in [9.17, 15) is 0 Å². The van der Waals surface area contributed by atoms with Gasteiger partial charge < -0.3 is 0 Å². The third-order valence-electron chi connectivity index (χ3n) is 11.3. The fourth-order valence-corrected chi connectivity index (χ4v) is 8.11. The van der Waals surface area contributed by atoms with Gasteiger partial charge in [0.25, 0.3) is 0 Å². The van der Waals surface area contributed by atoms with Gasteiger partial charge in [0, 0.05) is 38.6 Å². The van der Waals surface area contributed by atoms with Gasteiger partial charge in [-0.25, -0.2) is 24.9 Å². The number of nitrogens with zero attached hydrogens (tertiary/aromatic N) is 5. The second-order valence-corrected chi connectivity index (χ2v) is 15.3. The largest absolute Gasteiger partial charge is 0.245 e. The highest BCUT2D eigenvalue weighted by molar-refractivity contribution is 6.09. The Labute approximate surface area is 359 Å². The lowest BCUT2D eigenvalue weighted by atomic mass is 9.96. The molecule has 290 valence electrons. The molecule has 0 unspecified atom stereocenters. The maximum atomic E-state index is 5.35. The Hall–Kier alpha value is -8.41. The Balaban J connectivity index is 0.970. The predicted molar refractivity (Wildman–Crippen MR) is 254 cm³/mol. The Morgan fingerprint density at radius 1 is 0.226 bits per heavy atom. The predicted octanol–water partition coefficient (Wildman–Crippen LogP) is 14.3. The molecule has 5 nitrogen and oxygen atoms in total. The van der Waals surface area contributed by atoms with Crippen molar-refractivity contribution < 1.29 is 0 Å². The fourth-order valence-electron chi connectivity index (χ4n) is 8.11. The Bertz CT molecular complexity index is 3350. The summed E-state index contributed by atoms with van der Waals surface area (Å²) in [5.41, 5.74) is 15.1. The fraction of sp³-hybridized carbons (Fsp3) is 0. The first-order valence-corrected chi connectivity index (χ1v) is 20.7. The standard InChI is InChI=1S/C57H37N5/c1-5-14-38(15-6-1)39-26-30-46(31-27-39)56-60-55(45-20-11-4-12-21-45)61-57(62-56)48-23-13-22-47(36-48)40-24-28-43(29-25-40)52-37-50(41-16-7-2-8-17-41)49-34-32-44-33-35-51(42-18-9-3-10-19-42)58-53(44)54(49)59-52/h1-37H. The maximum absolute atomic E-state index is 5.35. The summed E-state index contributed by atoms with van der Waals surface area (Å²) in [4.78, 5) is 25.6. The van der Waals surface area contributed by atoms with E-state index in [0.29, 0.717) is 17.5 Å². The van der Waals surface area contributed by atoms with E-state index < -0.39 is 0 Å². The average Bonchev–Trinajstić information content (AvgIpc) is 3.37. The van der Waals surface area contributed by atoms with Crippen molar-refractivity contribution in [2.75, 3.05) is 0 Å². The van der Waals surface area contributed by atoms with E-state index >= 15 is 0 Å². The van der Waals surface area contributed by atoms with Crippen LogP contribution in [0.2, 0.25) is 0 Å². The van der Waals surface area contributed by atoms with Crippen molar-refractivity contribution in [1.29, 1.82) is 0 Å². The molecule has 0 bridgehead atoms. The molecule has 8 aromatic carbocycles. The van der Waals surface area contributed by atoms with Gasteiger partial charge in [-0.3, -0.25) is 0 Å². The van der Waals surface area contributed by atoms with Crippen molar-refractivity contribution in [3.05, 3.63) is 224 Å². The molecule has 11 aromatic rings. The lowest BCUT2D eigenvalue weighted by molar-refractivity contribution is 1.07. The van der Waals surface area contributed by atoms with Crippen LogP contribution in [-0.4, -0.2) is 24.9 Å². The average molecular weight is 792 g/mol. The number of benzene rings is 8. The number of fused-ring (bicyclic) bond motifs is 3. The number of rotatable bonds is 8. The summed E-state index contributed by atoms with van der Waals surface area (Å²) in [5.74, 6) is 1.87. The number of aromatic nitrogens is 5. The molecule has 0 saturated carbocycles. The molecule has 0 spiro atoms. The van der Waals surface area contributed by atoms with Crippen molar-refractivity contribution in [3.63, 3.8) is 0 Å². The second kappa shape index (κ2) is 16.0. The zero-order valence-electron chi connectivity index (χ0n) is 33.6. The van der Waals surface area contributed by atoms with Crippen molar-refractivity contribution in [1.82, 2.24) is 24.9 Å². The molecule has 0 amide bonds. The van der Waals surface area contributed by atoms with Crippen LogP contribution in [0.1, 0.15) is 0 Å². The highest BCUT2D eigenvalue weighted by atomic mass is 15.0. The van der Waals surface area contributed by atoms with Crippen LogP contribution in [0, 0.1) is 0 Å². The van der Waals surface area contributed by atoms with Gasteiger partial charge in [0.1, 0.15) is 0 Å². The van der Waals surface area contributed by atoms with Gasteiger partial charge in [-0.1, -0.05) is 206 Å². The monoisotopic (exact) mass is 791 g/mol. The van der Waals surface area contributed by atoms with E-state index in [1.165, 1.54) is 5.56 Å². The van der Waals surface area contributed by atoms with E-state index in [0.717, 1.165) is 88.8 Å². The van der Waals surface area contributed by atoms with Gasteiger partial charge in [-0.05, 0) is 51.6 Å². The van der Waals surface area contributed by atoms with Gasteiger partial charge in [-0.15, -0.1) is 0 Å². The van der Waals surface area contributed by atoms with Gasteiger partial charge in [0.15, 0.2) is 17.5 Å². The third-order valence-corrected chi connectivity index (χ3v) is 11.3. The lowest BCUT2D eigenvalue weighted by Gasteiger charge is -2.13. The second-order valence-electron chi connectivity index (χ2n) is 15.3. The van der Waals surface area contributed by atoms with Crippen LogP contribution < -0.4 is 0 Å². The zero-order chi connectivity index (χ0) is 41.2. The Kier molecular flexibility index (Phi) is 9.45. The topological polar surface area (TPSA) is 64.5 Å². The summed E-state index contributed by atoms with van der Waals surface area (Å²) >= 11 is 0. The molecule has 11 rings (SSSR count). The minimum Gasteiger partial charge on any atom is -0.245 e. The van der Waals surface area contributed by atoms with Crippen LogP contribution in [0.15, 0.2) is 224 Å². The molecule has 0 fully saturated rings. The third kappa shape index (κ3) is 7.18. The van der Waals surface area contributed by atoms with E-state index in [4.69, 9.17) is 24.9 Å². The zero-order valence-corrected chi connectivity index (χ0v) is 33.6. The van der Waals surface area contributed by atoms with Crippen molar-refractivity contribution in [2.45, 2.75) is 0 Å². The summed E-state index contributed by atoms with van der Waals surface area (Å²) in [6.07, 6.45) is 0. The van der Waals surface area contributed by atoms with E-state index in [1.54, 1.807) is 0 Å². The van der Waals surface area contributed by atoms with Gasteiger partial charge in [-0.2, -0.15) is 0 Å². The molecule has 0 radical (unpaired) electrons. The van der Waals surface area contributed by atoms with E-state index in [-0.39, 0.29) is 0 Å². The summed E-state index contributed by atoms with van der Waals surface area (Å²) in [7, 11) is 0. The lowest BCUT2D eigenvalue weighted by Crippen LogP contribution is -2.00. The minimum atomic E-state index is 0.615. The minimum absolute atomic E-state index is 0.615. The summed E-state index contributed by atoms with van der Waals surface area (Å²) in [6.45, 7) is 0. The maximum Gasteiger partial charge on any atom is 0.164 e. The molecule has 0 aliphatic rings. The molecular formula is C57H37N5. The van der Waals surface area contributed by atoms with Crippen LogP contribution >= 0.6 is 0 Å². The van der Waals surface area contributed by atoms with Gasteiger partial charge in [0.2, 0.25) is 0 Å². The molecule has 0 saturated heterocycles. The highest BCUT2D eigenvalue weighted by Crippen LogP contribution is 2.37. The van der Waals surface area contributed by atoms with Crippen LogP contribution in [-0.2, 0) is 0 Å². The first-order valence-electron chi connectivity index (χ1n) is 20.7. The smallest absolute Gasteiger partial charge is 0.164 e. The molecule has 3 heterocycles. The summed E-state index contributed by atoms with van der Waals surface area (Å²) in [6, 6.07) is 77.6. The van der Waals surface area contributed by atoms with Crippen molar-refractivity contribution in [2.24, 2.45) is 0 Å². The van der Waals surface area contributed by atoms with Gasteiger partial charge in [0.05, 0.1) is 22.4 Å². The van der Waals surface area contributed by atoms with Gasteiger partial charge >= 0.3 is 0 Å². The Morgan fingerprint density at radius 2 is 0.645 bits per heavy atom. The van der Waals surface area contributed by atoms with E-state index in [1.807, 2.05) is 54.6 Å². The summed E-state index contributed by atoms with van der Waals surface area (Å²) < 4.78 is 0. The molecule has 0 aliphatic heterocycles. The first-order chi connectivity index (χ1) is 30.7. The SMILES string of the molecule is c1ccc(-c2ccc(-c3nc(-c4ccccc4)nc(-c4cccc(-c5ccc(-c6cc(-c7ccccc7)c7ccc8ccc(-c9ccccc9)nc8c7n6)cc5)c4)n3)cc2)cc1. The number of pyridine rings is 2. The van der Waals surface area contributed by atoms with Crippen LogP contribution in [0.4, 0.5) is 0 Å². The quantitative estimate of drug-likeness (QED) is 0.143. The van der Waals surface area contributed by atoms with Crippen LogP contribution in [0.5, 0.6) is 0 Å². The molecule has 0 aliphatic carbocycles. The Morgan fingerprint density at radius 3 is 1.29 bits per heavy atom. The number of hydrogen-bond donors (Lipinski definition) is 0.